The Balaban J connectivity index is 1.21. The maximum Gasteiger partial charge on any atom is 0.316 e. The second-order valence-electron chi connectivity index (χ2n) is 19.8. The minimum atomic E-state index is -1.12. The fourth-order valence-electron chi connectivity index (χ4n) is 10.5. The molecule has 346 valence electrons. The van der Waals surface area contributed by atoms with Gasteiger partial charge in [0.05, 0.1) is 30.2 Å². The van der Waals surface area contributed by atoms with E-state index in [4.69, 9.17) is 15.9 Å². The summed E-state index contributed by atoms with van der Waals surface area (Å²) in [5, 5.41) is 17.7. The van der Waals surface area contributed by atoms with Gasteiger partial charge in [-0.05, 0) is 118 Å². The van der Waals surface area contributed by atoms with Gasteiger partial charge >= 0.3 is 11.9 Å². The Bertz CT molecular complexity index is 2440. The summed E-state index contributed by atoms with van der Waals surface area (Å²) in [6.45, 7) is 22.2. The minimum Gasteiger partial charge on any atom is -0.468 e. The van der Waals surface area contributed by atoms with Gasteiger partial charge in [-0.25, -0.2) is 0 Å². The van der Waals surface area contributed by atoms with Crippen molar-refractivity contribution in [2.45, 2.75) is 152 Å². The molecule has 0 saturated carbocycles. The molecule has 3 aromatic heterocycles. The lowest BCUT2D eigenvalue weighted by molar-refractivity contribution is -0.146. The van der Waals surface area contributed by atoms with Crippen LogP contribution in [0.1, 0.15) is 181 Å². The number of aliphatic hydroxyl groups excluding tert-OH is 1. The number of rotatable bonds is 19. The van der Waals surface area contributed by atoms with Crippen LogP contribution in [0.3, 0.4) is 0 Å². The van der Waals surface area contributed by atoms with Gasteiger partial charge in [0, 0.05) is 62.9 Å². The first-order valence-corrected chi connectivity index (χ1v) is 24.2. The summed E-state index contributed by atoms with van der Waals surface area (Å²) in [5.41, 5.74) is 12.5. The zero-order chi connectivity index (χ0) is 46.4. The van der Waals surface area contributed by atoms with E-state index in [0.717, 1.165) is 98.4 Å². The molecule has 3 aromatic rings. The summed E-state index contributed by atoms with van der Waals surface area (Å²) in [5.74, 6) is 3.24. The van der Waals surface area contributed by atoms with E-state index in [0.29, 0.717) is 23.3 Å². The summed E-state index contributed by atoms with van der Waals surface area (Å²) >= 11 is 0. The number of terminal acetylenes is 1. The summed E-state index contributed by atoms with van der Waals surface area (Å²) in [6.07, 6.45) is 26.2. The highest BCUT2D eigenvalue weighted by atomic mass is 16.5. The number of carbonyl (C=O) groups excluding carboxylic acids is 2. The van der Waals surface area contributed by atoms with E-state index in [-0.39, 0.29) is 30.8 Å². The molecule has 0 spiro atoms. The number of fused-ring (bicyclic) bond motifs is 7. The summed E-state index contributed by atoms with van der Waals surface area (Å²) in [4.78, 5) is 38.0. The van der Waals surface area contributed by atoms with Crippen LogP contribution in [0.4, 0.5) is 0 Å². The molecule has 0 unspecified atom stereocenters. The summed E-state index contributed by atoms with van der Waals surface area (Å²) < 4.78 is 11.2. The fraction of sp³-hybridized carbons (Fsp3) is 0.564. The number of aromatic nitrogens is 3. The number of ether oxygens (including phenoxy) is 2. The molecule has 1 saturated heterocycles. The zero-order valence-corrected chi connectivity index (χ0v) is 40.7. The van der Waals surface area contributed by atoms with Crippen LogP contribution < -0.4 is 16.0 Å². The largest absolute Gasteiger partial charge is 0.468 e. The molecule has 6 atom stereocenters. The number of nitrogens with one attached hydrogen (secondary N) is 4. The SMILES string of the molecule is C#Cc1c2[nH]c(c1C)/C=C1\N/C(=C3\c4[nH]c(c(C)c4[C@@H](O)[C@@H]3C(=O)OC)/C=c3\[nH]/c(c(C)c3CC)=C\2)[C@@H](CCC(=O)OC/C=C(\C)CCC[C@@H](C)CCC[C@H](C)CCCC(C)C)[C@@H]1C. The molecule has 1 fully saturated rings. The van der Waals surface area contributed by atoms with E-state index < -0.39 is 18.0 Å². The van der Waals surface area contributed by atoms with Crippen molar-refractivity contribution in [2.75, 3.05) is 13.7 Å². The fourth-order valence-corrected chi connectivity index (χ4v) is 10.5. The second kappa shape index (κ2) is 21.4. The van der Waals surface area contributed by atoms with Crippen molar-refractivity contribution in [3.63, 3.8) is 0 Å². The number of carbonyl (C=O) groups is 2. The highest BCUT2D eigenvalue weighted by molar-refractivity contribution is 5.95. The molecule has 0 amide bonds. The molecule has 5 N–H and O–H groups in total. The average Bonchev–Trinajstić information content (AvgIpc) is 3.99. The van der Waals surface area contributed by atoms with Gasteiger partial charge in [0.15, 0.2) is 0 Å². The van der Waals surface area contributed by atoms with Gasteiger partial charge in [-0.3, -0.25) is 9.59 Å². The highest BCUT2D eigenvalue weighted by Gasteiger charge is 2.48. The van der Waals surface area contributed by atoms with E-state index in [1.807, 2.05) is 19.9 Å². The first-order valence-electron chi connectivity index (χ1n) is 24.2. The lowest BCUT2D eigenvalue weighted by atomic mass is 9.84. The molecule has 1 aliphatic carbocycles. The van der Waals surface area contributed by atoms with Crippen molar-refractivity contribution in [1.29, 1.82) is 0 Å². The average molecular weight is 873 g/mol. The van der Waals surface area contributed by atoms with Crippen molar-refractivity contribution in [2.24, 2.45) is 35.5 Å². The number of esters is 2. The Morgan fingerprint density at radius 2 is 1.52 bits per heavy atom. The highest BCUT2D eigenvalue weighted by Crippen LogP contribution is 2.52. The Kier molecular flexibility index (Phi) is 16.2. The molecule has 0 radical (unpaired) electrons. The van der Waals surface area contributed by atoms with Crippen LogP contribution in [0.2, 0.25) is 0 Å². The third-order valence-electron chi connectivity index (χ3n) is 14.6. The molecular formula is C55H76N4O5. The number of methoxy groups -OCH3 is 1. The molecule has 9 nitrogen and oxygen atoms in total. The molecule has 6 rings (SSSR count). The number of H-pyrrole nitrogens is 3. The third-order valence-corrected chi connectivity index (χ3v) is 14.6. The lowest BCUT2D eigenvalue weighted by Crippen LogP contribution is -2.24. The van der Waals surface area contributed by atoms with E-state index in [9.17, 15) is 14.7 Å². The van der Waals surface area contributed by atoms with Crippen LogP contribution in [-0.2, 0) is 25.5 Å². The molecule has 3 aliphatic rings. The van der Waals surface area contributed by atoms with Crippen LogP contribution in [0.15, 0.2) is 23.0 Å². The van der Waals surface area contributed by atoms with Gasteiger partial charge in [0.2, 0.25) is 0 Å². The standard InChI is InChI=1S/C55H76N4O5/c1-13-39-35(8)42-28-44-37(10)41(24-25-48(60)64-27-26-34(7)23-17-22-33(6)21-16-20-32(5)19-15-18-31(3)4)52(58-44)50-51(55(62)63-12)54(61)49-38(11)45(59-53(49)50)30-47-40(14-2)36(9)43(57-47)29-46(39)56-42/h1,26,28-33,37,41,51,54,56-59,61H,14-25,27H2,2-12H3/b34-26+,43-29-,44-28-,47-30-,52-50-/t32-,33+,37+,41+,51-,54-/m1/s1. The third kappa shape index (κ3) is 10.6. The number of hydrogen-bond acceptors (Lipinski definition) is 6. The van der Waals surface area contributed by atoms with E-state index >= 15 is 0 Å². The second-order valence-corrected chi connectivity index (χ2v) is 19.8. The predicted molar refractivity (Wildman–Crippen MR) is 260 cm³/mol. The van der Waals surface area contributed by atoms with Gasteiger partial charge in [0.1, 0.15) is 12.5 Å². The normalized spacial score (nSPS) is 23.1. The van der Waals surface area contributed by atoms with Gasteiger partial charge < -0.3 is 34.8 Å². The van der Waals surface area contributed by atoms with Gasteiger partial charge in [0.25, 0.3) is 0 Å². The predicted octanol–water partition coefficient (Wildman–Crippen LogP) is 10.3. The molecule has 2 aliphatic heterocycles. The zero-order valence-electron chi connectivity index (χ0n) is 40.7. The van der Waals surface area contributed by atoms with Crippen LogP contribution in [-0.4, -0.2) is 45.7 Å². The maximum atomic E-state index is 13.7. The molecule has 64 heavy (non-hydrogen) atoms. The molecule has 9 heteroatoms. The van der Waals surface area contributed by atoms with Crippen LogP contribution in [0.25, 0.3) is 23.8 Å². The molecular weight excluding hydrogens is 797 g/mol. The molecule has 8 bridgehead atoms. The molecule has 5 heterocycles. The van der Waals surface area contributed by atoms with E-state index in [1.165, 1.54) is 63.2 Å². The Labute approximate surface area is 382 Å². The quantitative estimate of drug-likeness (QED) is 0.0463. The van der Waals surface area contributed by atoms with E-state index in [2.05, 4.69) is 99.8 Å². The number of hydrogen-bond donors (Lipinski definition) is 5. The van der Waals surface area contributed by atoms with Crippen LogP contribution >= 0.6 is 0 Å². The smallest absolute Gasteiger partial charge is 0.316 e. The minimum absolute atomic E-state index is 0.0838. The first-order chi connectivity index (χ1) is 30.6. The van der Waals surface area contributed by atoms with Crippen LogP contribution in [0.5, 0.6) is 0 Å². The summed E-state index contributed by atoms with van der Waals surface area (Å²) in [7, 11) is 1.36. The Morgan fingerprint density at radius 1 is 0.859 bits per heavy atom. The Hall–Kier alpha value is -4.94. The van der Waals surface area contributed by atoms with Gasteiger partial charge in [-0.1, -0.05) is 98.0 Å². The van der Waals surface area contributed by atoms with Gasteiger partial charge in [-0.2, -0.15) is 0 Å². The van der Waals surface area contributed by atoms with Gasteiger partial charge in [-0.15, -0.1) is 6.42 Å². The van der Waals surface area contributed by atoms with Crippen molar-refractivity contribution in [1.82, 2.24) is 20.3 Å². The monoisotopic (exact) mass is 873 g/mol. The number of aromatic amines is 3. The molecule has 0 aromatic carbocycles. The number of allylic oxidation sites excluding steroid dienone is 3. The van der Waals surface area contributed by atoms with Crippen molar-refractivity contribution in [3.8, 4) is 12.3 Å². The van der Waals surface area contributed by atoms with Crippen molar-refractivity contribution in [3.05, 3.63) is 89.9 Å². The first kappa shape index (κ1) is 48.5. The van der Waals surface area contributed by atoms with E-state index in [1.54, 1.807) is 0 Å². The topological polar surface area (TPSA) is 132 Å². The van der Waals surface area contributed by atoms with Crippen molar-refractivity contribution >= 4 is 35.7 Å². The van der Waals surface area contributed by atoms with Crippen LogP contribution in [0, 0.1) is 68.6 Å². The van der Waals surface area contributed by atoms with Crippen molar-refractivity contribution < 1.29 is 24.2 Å². The number of aliphatic hydroxyl groups is 1. The Morgan fingerprint density at radius 3 is 2.17 bits per heavy atom. The maximum absolute atomic E-state index is 13.7. The lowest BCUT2D eigenvalue weighted by Gasteiger charge is -2.21. The summed E-state index contributed by atoms with van der Waals surface area (Å²) in [6, 6.07) is 0.